The summed E-state index contributed by atoms with van der Waals surface area (Å²) in [6, 6.07) is 0. The maximum absolute atomic E-state index is 5.91. The van der Waals surface area contributed by atoms with E-state index in [1.165, 1.54) is 12.8 Å². The Morgan fingerprint density at radius 1 is 1.25 bits per heavy atom. The van der Waals surface area contributed by atoms with Crippen molar-refractivity contribution in [2.75, 3.05) is 13.1 Å². The number of rotatable bonds is 0. The fourth-order valence-electron chi connectivity index (χ4n) is 1.58. The molecule has 3 N–H and O–H groups in total. The molecule has 0 radical (unpaired) electrons. The predicted molar refractivity (Wildman–Crippen MR) is 55.2 cm³/mol. The Bertz CT molecular complexity index is 112. The van der Waals surface area contributed by atoms with Gasteiger partial charge in [0.2, 0.25) is 0 Å². The molecule has 0 aromatic carbocycles. The van der Waals surface area contributed by atoms with Gasteiger partial charge in [0.1, 0.15) is 0 Å². The van der Waals surface area contributed by atoms with E-state index in [1.807, 2.05) is 27.7 Å². The van der Waals surface area contributed by atoms with Crippen molar-refractivity contribution in [1.29, 1.82) is 0 Å². The van der Waals surface area contributed by atoms with E-state index >= 15 is 0 Å². The van der Waals surface area contributed by atoms with Gasteiger partial charge in [-0.3, -0.25) is 0 Å². The van der Waals surface area contributed by atoms with Crippen molar-refractivity contribution in [3.8, 4) is 0 Å². The average molecular weight is 172 g/mol. The molecular formula is C10H24N2. The van der Waals surface area contributed by atoms with Crippen molar-refractivity contribution in [3.05, 3.63) is 0 Å². The molecule has 74 valence electrons. The average Bonchev–Trinajstić information content (AvgIpc) is 2.83. The van der Waals surface area contributed by atoms with Gasteiger partial charge >= 0.3 is 0 Å². The zero-order valence-corrected chi connectivity index (χ0v) is 8.98. The topological polar surface area (TPSA) is 38.0 Å². The monoisotopic (exact) mass is 172 g/mol. The summed E-state index contributed by atoms with van der Waals surface area (Å²) in [6.45, 7) is 10.3. The van der Waals surface area contributed by atoms with Crippen molar-refractivity contribution >= 4 is 0 Å². The standard InChI is InChI=1S/C6H12N2.2C2H6/c7-6-1-2-8-4-5(6)3-6;2*1-2/h5,8H,1-4,7H2;2*1-2H3. The molecule has 1 saturated heterocycles. The zero-order chi connectivity index (χ0) is 9.61. The first-order valence-corrected chi connectivity index (χ1v) is 5.31. The van der Waals surface area contributed by atoms with Gasteiger partial charge in [0.05, 0.1) is 0 Å². The Labute approximate surface area is 76.9 Å². The second kappa shape index (κ2) is 5.55. The van der Waals surface area contributed by atoms with Crippen molar-refractivity contribution in [2.45, 2.75) is 46.1 Å². The lowest BCUT2D eigenvalue weighted by molar-refractivity contribution is 0.444. The summed E-state index contributed by atoms with van der Waals surface area (Å²) in [5, 5.41) is 3.32. The van der Waals surface area contributed by atoms with E-state index < -0.39 is 0 Å². The number of nitrogens with one attached hydrogen (secondary N) is 1. The van der Waals surface area contributed by atoms with Gasteiger partial charge in [-0.15, -0.1) is 0 Å². The molecule has 0 amide bonds. The van der Waals surface area contributed by atoms with Crippen LogP contribution in [0.2, 0.25) is 0 Å². The van der Waals surface area contributed by atoms with E-state index in [0.29, 0.717) is 0 Å². The molecule has 0 spiro atoms. The first kappa shape index (κ1) is 11.9. The van der Waals surface area contributed by atoms with Crippen LogP contribution in [0.25, 0.3) is 0 Å². The highest BCUT2D eigenvalue weighted by atomic mass is 15.0. The van der Waals surface area contributed by atoms with Crippen LogP contribution in [0.4, 0.5) is 0 Å². The summed E-state index contributed by atoms with van der Waals surface area (Å²) in [4.78, 5) is 0. The summed E-state index contributed by atoms with van der Waals surface area (Å²) >= 11 is 0. The third-order valence-electron chi connectivity index (χ3n) is 2.44. The van der Waals surface area contributed by atoms with Crippen molar-refractivity contribution < 1.29 is 0 Å². The fourth-order valence-corrected chi connectivity index (χ4v) is 1.58. The Balaban J connectivity index is 0.000000269. The first-order valence-electron chi connectivity index (χ1n) is 5.31. The summed E-state index contributed by atoms with van der Waals surface area (Å²) < 4.78 is 0. The minimum absolute atomic E-state index is 0.283. The van der Waals surface area contributed by atoms with Crippen LogP contribution >= 0.6 is 0 Å². The van der Waals surface area contributed by atoms with E-state index in [1.54, 1.807) is 0 Å². The molecule has 0 aromatic heterocycles. The third-order valence-corrected chi connectivity index (χ3v) is 2.44. The largest absolute Gasteiger partial charge is 0.325 e. The Kier molecular flexibility index (Phi) is 5.51. The maximum Gasteiger partial charge on any atom is 0.0211 e. The van der Waals surface area contributed by atoms with Gasteiger partial charge in [0, 0.05) is 5.54 Å². The lowest BCUT2D eigenvalue weighted by Gasteiger charge is -2.17. The van der Waals surface area contributed by atoms with E-state index in [-0.39, 0.29) is 5.54 Å². The van der Waals surface area contributed by atoms with Crippen molar-refractivity contribution in [3.63, 3.8) is 0 Å². The van der Waals surface area contributed by atoms with Crippen molar-refractivity contribution in [1.82, 2.24) is 5.32 Å². The van der Waals surface area contributed by atoms with Gasteiger partial charge in [0.25, 0.3) is 0 Å². The lowest BCUT2D eigenvalue weighted by atomic mass is 10.1. The Morgan fingerprint density at radius 3 is 2.17 bits per heavy atom. The highest BCUT2D eigenvalue weighted by Crippen LogP contribution is 2.44. The molecule has 0 aromatic rings. The smallest absolute Gasteiger partial charge is 0.0211 e. The third kappa shape index (κ3) is 2.76. The molecule has 2 unspecified atom stereocenters. The second-order valence-corrected chi connectivity index (χ2v) is 3.09. The summed E-state index contributed by atoms with van der Waals surface area (Å²) in [6.07, 6.45) is 2.46. The van der Waals surface area contributed by atoms with Gasteiger partial charge in [-0.05, 0) is 31.8 Å². The quantitative estimate of drug-likeness (QED) is 0.584. The predicted octanol–water partition coefficient (Wildman–Crippen LogP) is 1.75. The van der Waals surface area contributed by atoms with Crippen molar-refractivity contribution in [2.24, 2.45) is 11.7 Å². The van der Waals surface area contributed by atoms with Crippen LogP contribution in [0.1, 0.15) is 40.5 Å². The second-order valence-electron chi connectivity index (χ2n) is 3.09. The molecule has 0 bridgehead atoms. The van der Waals surface area contributed by atoms with Gasteiger partial charge in [-0.2, -0.15) is 0 Å². The number of hydrogen-bond acceptors (Lipinski definition) is 2. The molecule has 1 heterocycles. The van der Waals surface area contributed by atoms with E-state index in [0.717, 1.165) is 19.0 Å². The van der Waals surface area contributed by atoms with Crippen LogP contribution < -0.4 is 11.1 Å². The first-order chi connectivity index (χ1) is 5.81. The normalized spacial score (nSPS) is 36.2. The van der Waals surface area contributed by atoms with E-state index in [4.69, 9.17) is 5.73 Å². The molecule has 2 rings (SSSR count). The van der Waals surface area contributed by atoms with Gasteiger partial charge in [-0.1, -0.05) is 27.7 Å². The van der Waals surface area contributed by atoms with Crippen LogP contribution in [0.5, 0.6) is 0 Å². The molecular weight excluding hydrogens is 148 g/mol. The van der Waals surface area contributed by atoms with Crippen LogP contribution in [0, 0.1) is 5.92 Å². The minimum atomic E-state index is 0.283. The molecule has 1 aliphatic heterocycles. The molecule has 2 aliphatic rings. The van der Waals surface area contributed by atoms with Crippen LogP contribution in [-0.4, -0.2) is 18.6 Å². The van der Waals surface area contributed by atoms with Crippen LogP contribution in [0.15, 0.2) is 0 Å². The molecule has 2 heteroatoms. The molecule has 1 aliphatic carbocycles. The number of nitrogens with two attached hydrogens (primary N) is 1. The van der Waals surface area contributed by atoms with Crippen LogP contribution in [-0.2, 0) is 0 Å². The SMILES string of the molecule is CC.CC.NC12CCNCC1C2. The molecule has 2 nitrogen and oxygen atoms in total. The molecule has 2 fully saturated rings. The highest BCUT2D eigenvalue weighted by molar-refractivity contribution is 5.10. The maximum atomic E-state index is 5.91. The van der Waals surface area contributed by atoms with Gasteiger partial charge in [0.15, 0.2) is 0 Å². The number of hydrogen-bond donors (Lipinski definition) is 2. The minimum Gasteiger partial charge on any atom is -0.325 e. The Hall–Kier alpha value is -0.0800. The zero-order valence-electron chi connectivity index (χ0n) is 8.98. The molecule has 1 saturated carbocycles. The molecule has 2 atom stereocenters. The Morgan fingerprint density at radius 2 is 1.83 bits per heavy atom. The highest BCUT2D eigenvalue weighted by Gasteiger charge is 2.51. The summed E-state index contributed by atoms with van der Waals surface area (Å²) in [5.74, 6) is 0.816. The van der Waals surface area contributed by atoms with E-state index in [2.05, 4.69) is 5.32 Å². The van der Waals surface area contributed by atoms with Gasteiger partial charge in [-0.25, -0.2) is 0 Å². The lowest BCUT2D eigenvalue weighted by Crippen LogP contribution is -2.38. The number of piperidine rings is 1. The summed E-state index contributed by atoms with van der Waals surface area (Å²) in [7, 11) is 0. The summed E-state index contributed by atoms with van der Waals surface area (Å²) in [5.41, 5.74) is 6.19. The molecule has 12 heavy (non-hydrogen) atoms. The van der Waals surface area contributed by atoms with Gasteiger partial charge < -0.3 is 11.1 Å². The number of fused-ring (bicyclic) bond motifs is 1. The fraction of sp³-hybridized carbons (Fsp3) is 1.00. The van der Waals surface area contributed by atoms with E-state index in [9.17, 15) is 0 Å². The van der Waals surface area contributed by atoms with Crippen LogP contribution in [0.3, 0.4) is 0 Å².